The van der Waals surface area contributed by atoms with E-state index >= 15 is 0 Å². The van der Waals surface area contributed by atoms with E-state index in [9.17, 15) is 14.4 Å². The maximum Gasteiger partial charge on any atom is 0.328 e. The number of fused-ring (bicyclic) bond motifs is 1. The molecular weight excluding hydrogens is 266 g/mol. The highest BCUT2D eigenvalue weighted by Crippen LogP contribution is 2.37. The van der Waals surface area contributed by atoms with Crippen LogP contribution in [0.15, 0.2) is 12.1 Å². The molecular formula is C13H13NO6. The lowest BCUT2D eigenvalue weighted by atomic mass is 10.0. The molecule has 1 aliphatic heterocycles. The Labute approximate surface area is 114 Å². The van der Waals surface area contributed by atoms with Crippen LogP contribution >= 0.6 is 0 Å². The zero-order chi connectivity index (χ0) is 14.9. The molecule has 7 nitrogen and oxygen atoms in total. The number of hydrogen-bond acceptors (Lipinski definition) is 7. The van der Waals surface area contributed by atoms with Crippen LogP contribution in [0.2, 0.25) is 0 Å². The van der Waals surface area contributed by atoms with Crippen molar-refractivity contribution < 1.29 is 28.6 Å². The van der Waals surface area contributed by atoms with Gasteiger partial charge in [-0.25, -0.2) is 4.79 Å². The Balaban J connectivity index is 2.45. The number of ether oxygens (including phenoxy) is 3. The van der Waals surface area contributed by atoms with Crippen molar-refractivity contribution in [1.82, 2.24) is 0 Å². The summed E-state index contributed by atoms with van der Waals surface area (Å²) in [4.78, 5) is 33.5. The molecule has 106 valence electrons. The summed E-state index contributed by atoms with van der Waals surface area (Å²) < 4.78 is 14.9. The first kappa shape index (κ1) is 14.0. The van der Waals surface area contributed by atoms with Crippen molar-refractivity contribution in [2.75, 3.05) is 0 Å². The topological polar surface area (TPSA) is 105 Å². The molecule has 7 heteroatoms. The first-order chi connectivity index (χ1) is 9.36. The summed E-state index contributed by atoms with van der Waals surface area (Å²) in [5.74, 6) is -1.38. The summed E-state index contributed by atoms with van der Waals surface area (Å²) in [6.07, 6.45) is 0.253. The molecule has 0 spiro atoms. The highest BCUT2D eigenvalue weighted by molar-refractivity contribution is 5.82. The lowest BCUT2D eigenvalue weighted by Crippen LogP contribution is -2.39. The normalized spacial score (nSPS) is 16.9. The Morgan fingerprint density at radius 1 is 1.20 bits per heavy atom. The van der Waals surface area contributed by atoms with Crippen LogP contribution in [0.3, 0.4) is 0 Å². The minimum absolute atomic E-state index is 0.00900. The predicted octanol–water partition coefficient (Wildman–Crippen LogP) is 0.326. The summed E-state index contributed by atoms with van der Waals surface area (Å²) in [5.41, 5.74) is 6.20. The molecule has 20 heavy (non-hydrogen) atoms. The first-order valence-electron chi connectivity index (χ1n) is 5.88. The number of carbonyl (C=O) groups excluding carboxylic acids is 3. The monoisotopic (exact) mass is 279 g/mol. The van der Waals surface area contributed by atoms with E-state index in [4.69, 9.17) is 19.9 Å². The lowest BCUT2D eigenvalue weighted by Gasteiger charge is -2.22. The molecule has 1 unspecified atom stereocenters. The van der Waals surface area contributed by atoms with Crippen molar-refractivity contribution >= 4 is 17.9 Å². The molecule has 0 amide bonds. The van der Waals surface area contributed by atoms with Crippen molar-refractivity contribution in [2.24, 2.45) is 5.73 Å². The highest BCUT2D eigenvalue weighted by Gasteiger charge is 2.27. The van der Waals surface area contributed by atoms with Crippen LogP contribution in [-0.2, 0) is 20.8 Å². The minimum atomic E-state index is -0.771. The molecule has 0 fully saturated rings. The van der Waals surface area contributed by atoms with E-state index in [1.165, 1.54) is 26.0 Å². The molecule has 1 aliphatic rings. The van der Waals surface area contributed by atoms with Crippen LogP contribution in [0.1, 0.15) is 19.4 Å². The smallest absolute Gasteiger partial charge is 0.328 e. The van der Waals surface area contributed by atoms with E-state index in [1.807, 2.05) is 0 Å². The van der Waals surface area contributed by atoms with Crippen molar-refractivity contribution in [3.8, 4) is 17.2 Å². The highest BCUT2D eigenvalue weighted by atomic mass is 16.6. The Morgan fingerprint density at radius 2 is 1.75 bits per heavy atom. The summed E-state index contributed by atoms with van der Waals surface area (Å²) in [5, 5.41) is 0. The fourth-order valence-corrected chi connectivity index (χ4v) is 1.81. The second-order valence-corrected chi connectivity index (χ2v) is 4.33. The Hall–Kier alpha value is -2.41. The van der Waals surface area contributed by atoms with Gasteiger partial charge in [0.25, 0.3) is 0 Å². The number of nitrogens with two attached hydrogens (primary N) is 1. The molecule has 1 heterocycles. The largest absolute Gasteiger partial charge is 0.425 e. The molecule has 1 atom stereocenters. The summed E-state index contributed by atoms with van der Waals surface area (Å²) in [7, 11) is 0. The van der Waals surface area contributed by atoms with Crippen LogP contribution in [0.4, 0.5) is 0 Å². The Bertz CT molecular complexity index is 595. The van der Waals surface area contributed by atoms with Crippen LogP contribution < -0.4 is 19.9 Å². The molecule has 0 aromatic heterocycles. The number of hydrogen-bond donors (Lipinski definition) is 1. The molecule has 1 aromatic carbocycles. The summed E-state index contributed by atoms with van der Waals surface area (Å²) in [6.45, 7) is 2.43. The van der Waals surface area contributed by atoms with Gasteiger partial charge in [0, 0.05) is 31.9 Å². The number of esters is 3. The van der Waals surface area contributed by atoms with Crippen LogP contribution in [0, 0.1) is 0 Å². The van der Waals surface area contributed by atoms with Gasteiger partial charge in [-0.2, -0.15) is 0 Å². The van der Waals surface area contributed by atoms with Gasteiger partial charge in [0.05, 0.1) is 0 Å². The second kappa shape index (κ2) is 5.30. The fourth-order valence-electron chi connectivity index (χ4n) is 1.81. The molecule has 2 rings (SSSR count). The molecule has 2 N–H and O–H groups in total. The zero-order valence-corrected chi connectivity index (χ0v) is 11.0. The van der Waals surface area contributed by atoms with Gasteiger partial charge in [-0.1, -0.05) is 0 Å². The van der Waals surface area contributed by atoms with E-state index in [2.05, 4.69) is 0 Å². The molecule has 1 aromatic rings. The van der Waals surface area contributed by atoms with Gasteiger partial charge in [-0.3, -0.25) is 9.59 Å². The fraction of sp³-hybridized carbons (Fsp3) is 0.308. The number of rotatable bonds is 2. The van der Waals surface area contributed by atoms with Crippen molar-refractivity contribution in [2.45, 2.75) is 26.3 Å². The Kier molecular flexibility index (Phi) is 3.71. The predicted molar refractivity (Wildman–Crippen MR) is 66.4 cm³/mol. The average Bonchev–Trinajstić information content (AvgIpc) is 2.31. The molecule has 0 bridgehead atoms. The third-order valence-electron chi connectivity index (χ3n) is 2.59. The van der Waals surface area contributed by atoms with Gasteiger partial charge in [-0.05, 0) is 6.07 Å². The van der Waals surface area contributed by atoms with E-state index in [0.717, 1.165) is 0 Å². The summed E-state index contributed by atoms with van der Waals surface area (Å²) in [6, 6.07) is 2.03. The van der Waals surface area contributed by atoms with Gasteiger partial charge < -0.3 is 19.9 Å². The van der Waals surface area contributed by atoms with Gasteiger partial charge in [0.1, 0.15) is 11.8 Å². The van der Waals surface area contributed by atoms with Gasteiger partial charge >= 0.3 is 17.9 Å². The van der Waals surface area contributed by atoms with Crippen molar-refractivity contribution in [3.05, 3.63) is 17.7 Å². The SMILES string of the molecule is CC(=O)Oc1cc2c(cc1OC(C)=O)OC(=O)C(N)C2. The van der Waals surface area contributed by atoms with Gasteiger partial charge in [0.15, 0.2) is 11.5 Å². The second-order valence-electron chi connectivity index (χ2n) is 4.33. The van der Waals surface area contributed by atoms with E-state index in [-0.39, 0.29) is 23.7 Å². The minimum Gasteiger partial charge on any atom is -0.425 e. The maximum atomic E-state index is 11.4. The molecule has 0 aliphatic carbocycles. The number of carbonyl (C=O) groups is 3. The van der Waals surface area contributed by atoms with Crippen molar-refractivity contribution in [3.63, 3.8) is 0 Å². The average molecular weight is 279 g/mol. The van der Waals surface area contributed by atoms with Crippen LogP contribution in [-0.4, -0.2) is 23.9 Å². The molecule has 0 saturated heterocycles. The van der Waals surface area contributed by atoms with E-state index < -0.39 is 23.9 Å². The van der Waals surface area contributed by atoms with E-state index in [0.29, 0.717) is 5.56 Å². The van der Waals surface area contributed by atoms with Crippen LogP contribution in [0.25, 0.3) is 0 Å². The molecule has 0 saturated carbocycles. The summed E-state index contributed by atoms with van der Waals surface area (Å²) >= 11 is 0. The first-order valence-corrected chi connectivity index (χ1v) is 5.88. The quantitative estimate of drug-likeness (QED) is 0.614. The van der Waals surface area contributed by atoms with E-state index in [1.54, 1.807) is 0 Å². The molecule has 0 radical (unpaired) electrons. The number of benzene rings is 1. The Morgan fingerprint density at radius 3 is 2.30 bits per heavy atom. The standard InChI is InChI=1S/C13H13NO6/c1-6(15)18-11-4-8-3-9(14)13(17)20-10(8)5-12(11)19-7(2)16/h4-5,9H,3,14H2,1-2H3. The third kappa shape index (κ3) is 2.94. The van der Waals surface area contributed by atoms with Crippen molar-refractivity contribution in [1.29, 1.82) is 0 Å². The van der Waals surface area contributed by atoms with Gasteiger partial charge in [0.2, 0.25) is 0 Å². The zero-order valence-electron chi connectivity index (χ0n) is 11.0. The maximum absolute atomic E-state index is 11.4. The van der Waals surface area contributed by atoms with Gasteiger partial charge in [-0.15, -0.1) is 0 Å². The van der Waals surface area contributed by atoms with Crippen LogP contribution in [0.5, 0.6) is 17.2 Å². The lowest BCUT2D eigenvalue weighted by molar-refractivity contribution is -0.137. The third-order valence-corrected chi connectivity index (χ3v) is 2.59.